The second-order valence-corrected chi connectivity index (χ2v) is 8.22. The fourth-order valence-corrected chi connectivity index (χ4v) is 5.06. The third kappa shape index (κ3) is 2.28. The van der Waals surface area contributed by atoms with Crippen molar-refractivity contribution in [3.8, 4) is 0 Å². The van der Waals surface area contributed by atoms with Crippen molar-refractivity contribution in [1.29, 1.82) is 0 Å². The molecule has 1 N–H and O–H groups in total. The molecule has 0 atom stereocenters. The molecule has 0 aromatic carbocycles. The van der Waals surface area contributed by atoms with Crippen molar-refractivity contribution in [1.82, 2.24) is 5.32 Å². The van der Waals surface area contributed by atoms with Crippen LogP contribution in [0.25, 0.3) is 0 Å². The molecule has 0 radical (unpaired) electrons. The summed E-state index contributed by atoms with van der Waals surface area (Å²) in [5.74, 6) is 2.63. The first-order valence-corrected chi connectivity index (χ1v) is 8.66. The molecule has 4 aliphatic carbocycles. The number of rotatable bonds is 1. The van der Waals surface area contributed by atoms with Gasteiger partial charge in [-0.2, -0.15) is 4.36 Å². The molecule has 2 amide bonds. The van der Waals surface area contributed by atoms with Gasteiger partial charge in [0, 0.05) is 5.54 Å². The van der Waals surface area contributed by atoms with E-state index in [1.54, 1.807) is 0 Å². The number of urea groups is 1. The average Bonchev–Trinajstić information content (AvgIpc) is 2.11. The normalized spacial score (nSPS) is 42.9. The van der Waals surface area contributed by atoms with Crippen LogP contribution in [0.5, 0.6) is 0 Å². The van der Waals surface area contributed by atoms with Gasteiger partial charge in [0.15, 0.2) is 0 Å². The highest BCUT2D eigenvalue weighted by atomic mass is 32.2. The Hall–Kier alpha value is -0.380. The highest BCUT2D eigenvalue weighted by molar-refractivity contribution is 7.86. The van der Waals surface area contributed by atoms with Gasteiger partial charge in [-0.3, -0.25) is 0 Å². The van der Waals surface area contributed by atoms with Crippen molar-refractivity contribution in [3.05, 3.63) is 0 Å². The minimum atomic E-state index is -0.146. The second-order valence-electron chi connectivity index (χ2n) is 6.49. The van der Waals surface area contributed by atoms with E-state index < -0.39 is 0 Å². The van der Waals surface area contributed by atoms with Gasteiger partial charge in [0.25, 0.3) is 0 Å². The van der Waals surface area contributed by atoms with Gasteiger partial charge < -0.3 is 5.32 Å². The van der Waals surface area contributed by atoms with Crippen LogP contribution < -0.4 is 5.32 Å². The maximum Gasteiger partial charge on any atom is 0.347 e. The van der Waals surface area contributed by atoms with Crippen LogP contribution in [0.15, 0.2) is 4.36 Å². The summed E-state index contributed by atoms with van der Waals surface area (Å²) in [7, 11) is -0.146. The molecule has 0 saturated heterocycles. The molecule has 0 heterocycles. The van der Waals surface area contributed by atoms with Crippen molar-refractivity contribution < 1.29 is 4.79 Å². The van der Waals surface area contributed by atoms with Crippen LogP contribution in [-0.2, 0) is 10.7 Å². The van der Waals surface area contributed by atoms with Gasteiger partial charge in [0.2, 0.25) is 0 Å². The largest absolute Gasteiger partial charge is 0.347 e. The third-order valence-corrected chi connectivity index (χ3v) is 5.21. The molecule has 0 aromatic rings. The summed E-state index contributed by atoms with van der Waals surface area (Å²) < 4.78 is 4.13. The summed E-state index contributed by atoms with van der Waals surface area (Å²) in [5.41, 5.74) is 0.120. The summed E-state index contributed by atoms with van der Waals surface area (Å²) in [4.78, 5) is 11.9. The Bertz CT molecular complexity index is 338. The topological polar surface area (TPSA) is 41.5 Å². The average molecular weight is 254 g/mol. The zero-order valence-corrected chi connectivity index (χ0v) is 11.6. The zero-order chi connectivity index (χ0) is 12.0. The smallest absolute Gasteiger partial charge is 0.330 e. The second kappa shape index (κ2) is 4.08. The number of carbonyl (C=O) groups is 1. The van der Waals surface area contributed by atoms with Crippen molar-refractivity contribution in [2.75, 3.05) is 12.5 Å². The lowest BCUT2D eigenvalue weighted by atomic mass is 9.53. The van der Waals surface area contributed by atoms with Gasteiger partial charge in [0.05, 0.1) is 0 Å². The van der Waals surface area contributed by atoms with Crippen molar-refractivity contribution >= 4 is 16.7 Å². The van der Waals surface area contributed by atoms with Crippen LogP contribution in [0.3, 0.4) is 0 Å². The molecule has 4 rings (SSSR count). The number of hydrogen-bond acceptors (Lipinski definition) is 1. The van der Waals surface area contributed by atoms with Crippen molar-refractivity contribution in [3.63, 3.8) is 0 Å². The lowest BCUT2D eigenvalue weighted by molar-refractivity contribution is -0.0129. The number of amides is 2. The Labute approximate surface area is 106 Å². The first kappa shape index (κ1) is 11.7. The van der Waals surface area contributed by atoms with Gasteiger partial charge in [-0.25, -0.2) is 4.79 Å². The molecule has 0 aliphatic heterocycles. The lowest BCUT2D eigenvalue weighted by Crippen LogP contribution is -2.59. The number of nitrogens with zero attached hydrogens (tertiary/aromatic N) is 1. The maximum absolute atomic E-state index is 11.9. The van der Waals surface area contributed by atoms with E-state index in [2.05, 4.69) is 9.68 Å². The molecule has 0 unspecified atom stereocenters. The Morgan fingerprint density at radius 3 is 2.00 bits per heavy atom. The maximum atomic E-state index is 11.9. The Kier molecular flexibility index (Phi) is 2.80. The van der Waals surface area contributed by atoms with Gasteiger partial charge in [0.1, 0.15) is 0 Å². The summed E-state index contributed by atoms with van der Waals surface area (Å²) in [6, 6.07) is -0.0692. The number of nitrogens with one attached hydrogen (secondary N) is 1. The lowest BCUT2D eigenvalue weighted by Gasteiger charge is -2.56. The van der Waals surface area contributed by atoms with Gasteiger partial charge in [-0.1, -0.05) is 10.7 Å². The SMILES string of the molecule is CS(C)=NC(=O)NC12CC3CC(CC(C3)C1)C2. The molecule has 0 spiro atoms. The molecule has 3 nitrogen and oxygen atoms in total. The van der Waals surface area contributed by atoms with E-state index >= 15 is 0 Å². The Morgan fingerprint density at radius 1 is 1.12 bits per heavy atom. The standard InChI is InChI=1S/C13H22N2OS/c1-17(2)15-12(16)14-13-6-9-3-10(7-13)5-11(4-9)8-13/h9-11H,3-8H2,1-2H3,(H,14,16). The van der Waals surface area contributed by atoms with Crippen LogP contribution in [-0.4, -0.2) is 24.1 Å². The predicted octanol–water partition coefficient (Wildman–Crippen LogP) is 2.73. The van der Waals surface area contributed by atoms with Gasteiger partial charge >= 0.3 is 6.03 Å². The van der Waals surface area contributed by atoms with E-state index in [4.69, 9.17) is 0 Å². The molecule has 17 heavy (non-hydrogen) atoms. The van der Waals surface area contributed by atoms with Crippen LogP contribution in [0.1, 0.15) is 38.5 Å². The number of carbonyl (C=O) groups excluding carboxylic acids is 1. The Morgan fingerprint density at radius 2 is 1.59 bits per heavy atom. The van der Waals surface area contributed by atoms with E-state index in [9.17, 15) is 4.79 Å². The Balaban J connectivity index is 1.74. The summed E-state index contributed by atoms with van der Waals surface area (Å²) in [6.45, 7) is 0. The van der Waals surface area contributed by atoms with Crippen molar-refractivity contribution in [2.45, 2.75) is 44.1 Å². The van der Waals surface area contributed by atoms with Crippen LogP contribution in [0, 0.1) is 17.8 Å². The fourth-order valence-electron chi connectivity index (χ4n) is 4.68. The first-order valence-electron chi connectivity index (χ1n) is 6.66. The van der Waals surface area contributed by atoms with E-state index in [-0.39, 0.29) is 22.3 Å². The molecule has 96 valence electrons. The minimum absolute atomic E-state index is 0.0692. The van der Waals surface area contributed by atoms with E-state index in [1.807, 2.05) is 12.5 Å². The zero-order valence-electron chi connectivity index (χ0n) is 10.7. The summed E-state index contributed by atoms with van der Waals surface area (Å²) in [5, 5.41) is 3.26. The first-order chi connectivity index (χ1) is 8.05. The predicted molar refractivity (Wildman–Crippen MR) is 71.1 cm³/mol. The van der Waals surface area contributed by atoms with Crippen molar-refractivity contribution in [2.24, 2.45) is 22.1 Å². The van der Waals surface area contributed by atoms with E-state index in [0.717, 1.165) is 17.8 Å². The summed E-state index contributed by atoms with van der Waals surface area (Å²) >= 11 is 0. The highest BCUT2D eigenvalue weighted by Crippen LogP contribution is 2.55. The van der Waals surface area contributed by atoms with Crippen LogP contribution in [0.2, 0.25) is 0 Å². The van der Waals surface area contributed by atoms with Crippen LogP contribution >= 0.6 is 0 Å². The third-order valence-electron chi connectivity index (χ3n) is 4.68. The molecular weight excluding hydrogens is 232 g/mol. The van der Waals surface area contributed by atoms with Crippen LogP contribution in [0.4, 0.5) is 4.79 Å². The monoisotopic (exact) mass is 254 g/mol. The van der Waals surface area contributed by atoms with E-state index in [0.29, 0.717) is 0 Å². The van der Waals surface area contributed by atoms with Gasteiger partial charge in [-0.15, -0.1) is 0 Å². The minimum Gasteiger partial charge on any atom is -0.330 e. The fraction of sp³-hybridized carbons (Fsp3) is 0.923. The summed E-state index contributed by atoms with van der Waals surface area (Å²) in [6.07, 6.45) is 11.8. The highest BCUT2D eigenvalue weighted by Gasteiger charge is 2.51. The quantitative estimate of drug-likeness (QED) is 0.768. The molecule has 4 bridgehead atoms. The molecule has 0 aromatic heterocycles. The number of hydrogen-bond donors (Lipinski definition) is 1. The molecule has 4 fully saturated rings. The molecule has 4 aliphatic rings. The molecule has 4 heteroatoms. The van der Waals surface area contributed by atoms with E-state index in [1.165, 1.54) is 38.5 Å². The molecule has 4 saturated carbocycles. The van der Waals surface area contributed by atoms with Gasteiger partial charge in [-0.05, 0) is 68.8 Å². The molecular formula is C13H22N2OS.